The van der Waals surface area contributed by atoms with E-state index in [2.05, 4.69) is 4.98 Å². The molecule has 3 aromatic rings. The van der Waals surface area contributed by atoms with E-state index >= 15 is 0 Å². The normalized spacial score (nSPS) is 11.1. The Bertz CT molecular complexity index is 805. The van der Waals surface area contributed by atoms with Gasteiger partial charge < -0.3 is 9.55 Å². The number of hydrogen-bond acceptors (Lipinski definition) is 1. The van der Waals surface area contributed by atoms with E-state index in [0.717, 1.165) is 21.6 Å². The van der Waals surface area contributed by atoms with Crippen molar-refractivity contribution in [3.05, 3.63) is 62.8 Å². The summed E-state index contributed by atoms with van der Waals surface area (Å²) in [5, 5.41) is 1.42. The average Bonchev–Trinajstić information content (AvgIpc) is 2.66. The van der Waals surface area contributed by atoms with Crippen LogP contribution in [0.2, 0.25) is 10.0 Å². The van der Waals surface area contributed by atoms with Gasteiger partial charge in [-0.1, -0.05) is 35.3 Å². The van der Waals surface area contributed by atoms with Gasteiger partial charge in [0, 0.05) is 10.0 Å². The number of halogens is 2. The summed E-state index contributed by atoms with van der Waals surface area (Å²) >= 11 is 17.4. The van der Waals surface area contributed by atoms with Crippen LogP contribution in [-0.4, -0.2) is 9.55 Å². The van der Waals surface area contributed by atoms with E-state index in [1.54, 1.807) is 0 Å². The van der Waals surface area contributed by atoms with Crippen LogP contribution in [0.3, 0.4) is 0 Å². The molecule has 0 amide bonds. The van der Waals surface area contributed by atoms with Gasteiger partial charge in [0.2, 0.25) is 0 Å². The number of hydrogen-bond donors (Lipinski definition) is 1. The second-order valence-corrected chi connectivity index (χ2v) is 5.57. The maximum absolute atomic E-state index is 6.05. The summed E-state index contributed by atoms with van der Waals surface area (Å²) in [6, 6.07) is 13.4. The van der Waals surface area contributed by atoms with Crippen molar-refractivity contribution in [2.75, 3.05) is 0 Å². The van der Waals surface area contributed by atoms with Crippen LogP contribution in [0.15, 0.2) is 42.5 Å². The third kappa shape index (κ3) is 2.54. The Kier molecular flexibility index (Phi) is 3.35. The first-order valence-corrected chi connectivity index (χ1v) is 6.92. The number of benzene rings is 2. The first kappa shape index (κ1) is 12.7. The Balaban J connectivity index is 2.12. The minimum Gasteiger partial charge on any atom is -0.331 e. The largest absolute Gasteiger partial charge is 0.331 e. The van der Waals surface area contributed by atoms with Gasteiger partial charge in [-0.05, 0) is 48.1 Å². The van der Waals surface area contributed by atoms with Gasteiger partial charge in [0.1, 0.15) is 0 Å². The standard InChI is InChI=1S/C14H10Cl2N2S/c15-10-3-1-2-9(6-10)8-18-13-7-11(16)4-5-12(13)17-14(18)19/h1-7H,8H2,(H,17,19). The van der Waals surface area contributed by atoms with Crippen molar-refractivity contribution >= 4 is 46.5 Å². The highest BCUT2D eigenvalue weighted by molar-refractivity contribution is 7.71. The van der Waals surface area contributed by atoms with Crippen LogP contribution in [0.25, 0.3) is 11.0 Å². The van der Waals surface area contributed by atoms with E-state index in [1.807, 2.05) is 47.0 Å². The quantitative estimate of drug-likeness (QED) is 0.657. The molecule has 0 aliphatic heterocycles. The van der Waals surface area contributed by atoms with E-state index in [9.17, 15) is 0 Å². The molecule has 2 aromatic carbocycles. The SMILES string of the molecule is S=c1[nH]c2ccc(Cl)cc2n1Cc1cccc(Cl)c1. The van der Waals surface area contributed by atoms with Crippen molar-refractivity contribution in [2.45, 2.75) is 6.54 Å². The molecule has 5 heteroatoms. The van der Waals surface area contributed by atoms with Crippen molar-refractivity contribution < 1.29 is 0 Å². The molecule has 1 heterocycles. The Hall–Kier alpha value is -1.29. The van der Waals surface area contributed by atoms with Crippen molar-refractivity contribution in [1.29, 1.82) is 0 Å². The first-order chi connectivity index (χ1) is 9.13. The lowest BCUT2D eigenvalue weighted by Crippen LogP contribution is -1.99. The summed E-state index contributed by atoms with van der Waals surface area (Å²) in [5.41, 5.74) is 3.08. The van der Waals surface area contributed by atoms with Crippen LogP contribution in [-0.2, 0) is 6.54 Å². The molecule has 19 heavy (non-hydrogen) atoms. The summed E-state index contributed by atoms with van der Waals surface area (Å²) < 4.78 is 2.69. The van der Waals surface area contributed by atoms with Crippen molar-refractivity contribution in [3.63, 3.8) is 0 Å². The van der Waals surface area contributed by atoms with E-state index in [1.165, 1.54) is 0 Å². The Morgan fingerprint density at radius 3 is 2.63 bits per heavy atom. The van der Waals surface area contributed by atoms with Gasteiger partial charge >= 0.3 is 0 Å². The van der Waals surface area contributed by atoms with Crippen LogP contribution in [0.5, 0.6) is 0 Å². The molecule has 1 aromatic heterocycles. The van der Waals surface area contributed by atoms with Crippen LogP contribution >= 0.6 is 35.4 Å². The van der Waals surface area contributed by atoms with Gasteiger partial charge in [-0.2, -0.15) is 0 Å². The third-order valence-electron chi connectivity index (χ3n) is 2.97. The Morgan fingerprint density at radius 1 is 1.05 bits per heavy atom. The number of aromatic amines is 1. The van der Waals surface area contributed by atoms with Gasteiger partial charge in [-0.3, -0.25) is 0 Å². The van der Waals surface area contributed by atoms with E-state index < -0.39 is 0 Å². The molecule has 0 bridgehead atoms. The molecule has 3 rings (SSSR count). The monoisotopic (exact) mass is 308 g/mol. The highest BCUT2D eigenvalue weighted by atomic mass is 35.5. The lowest BCUT2D eigenvalue weighted by Gasteiger charge is -2.05. The maximum atomic E-state index is 6.05. The molecule has 0 atom stereocenters. The predicted molar refractivity (Wildman–Crippen MR) is 82.7 cm³/mol. The van der Waals surface area contributed by atoms with Crippen molar-refractivity contribution in [3.8, 4) is 0 Å². The van der Waals surface area contributed by atoms with E-state index in [-0.39, 0.29) is 0 Å². The number of H-pyrrole nitrogens is 1. The molecule has 0 aliphatic carbocycles. The molecule has 0 saturated heterocycles. The number of nitrogens with zero attached hydrogens (tertiary/aromatic N) is 1. The van der Waals surface area contributed by atoms with Crippen LogP contribution in [0.4, 0.5) is 0 Å². The maximum Gasteiger partial charge on any atom is 0.178 e. The summed E-state index contributed by atoms with van der Waals surface area (Å²) in [4.78, 5) is 3.18. The molecular weight excluding hydrogens is 299 g/mol. The molecule has 0 spiro atoms. The van der Waals surface area contributed by atoms with Gasteiger partial charge in [0.05, 0.1) is 17.6 Å². The van der Waals surface area contributed by atoms with E-state index in [4.69, 9.17) is 35.4 Å². The zero-order valence-electron chi connectivity index (χ0n) is 9.86. The van der Waals surface area contributed by atoms with Crippen LogP contribution < -0.4 is 0 Å². The summed E-state index contributed by atoms with van der Waals surface area (Å²) in [7, 11) is 0. The van der Waals surface area contributed by atoms with Crippen LogP contribution in [0, 0.1) is 4.77 Å². The molecule has 0 radical (unpaired) electrons. The molecule has 1 N–H and O–H groups in total. The lowest BCUT2D eigenvalue weighted by atomic mass is 10.2. The molecule has 0 saturated carbocycles. The molecule has 2 nitrogen and oxygen atoms in total. The predicted octanol–water partition coefficient (Wildman–Crippen LogP) is 5.05. The van der Waals surface area contributed by atoms with Crippen molar-refractivity contribution in [1.82, 2.24) is 9.55 Å². The third-order valence-corrected chi connectivity index (χ3v) is 3.76. The fourth-order valence-corrected chi connectivity index (χ4v) is 2.75. The molecule has 0 fully saturated rings. The van der Waals surface area contributed by atoms with Gasteiger partial charge in [-0.25, -0.2) is 0 Å². The smallest absolute Gasteiger partial charge is 0.178 e. The lowest BCUT2D eigenvalue weighted by molar-refractivity contribution is 0.810. The fourth-order valence-electron chi connectivity index (χ4n) is 2.10. The first-order valence-electron chi connectivity index (χ1n) is 5.76. The molecule has 0 unspecified atom stereocenters. The molecule has 96 valence electrons. The summed E-state index contributed by atoms with van der Waals surface area (Å²) in [5.74, 6) is 0. The fraction of sp³-hybridized carbons (Fsp3) is 0.0714. The summed E-state index contributed by atoms with van der Waals surface area (Å²) in [6.07, 6.45) is 0. The zero-order chi connectivity index (χ0) is 13.4. The topological polar surface area (TPSA) is 20.7 Å². The van der Waals surface area contributed by atoms with E-state index in [0.29, 0.717) is 16.3 Å². The Labute approximate surface area is 125 Å². The zero-order valence-corrected chi connectivity index (χ0v) is 12.2. The second-order valence-electron chi connectivity index (χ2n) is 4.31. The second kappa shape index (κ2) is 5.00. The van der Waals surface area contributed by atoms with Crippen LogP contribution in [0.1, 0.15) is 5.56 Å². The Morgan fingerprint density at radius 2 is 1.84 bits per heavy atom. The number of nitrogens with one attached hydrogen (secondary N) is 1. The minimum atomic E-state index is 0.666. The number of fused-ring (bicyclic) bond motifs is 1. The highest BCUT2D eigenvalue weighted by Gasteiger charge is 2.06. The number of imidazole rings is 1. The average molecular weight is 309 g/mol. The molecule has 0 aliphatic rings. The molecular formula is C14H10Cl2N2S. The van der Waals surface area contributed by atoms with Gasteiger partial charge in [0.15, 0.2) is 4.77 Å². The number of rotatable bonds is 2. The summed E-state index contributed by atoms with van der Waals surface area (Å²) in [6.45, 7) is 0.666. The minimum absolute atomic E-state index is 0.666. The van der Waals surface area contributed by atoms with Crippen molar-refractivity contribution in [2.24, 2.45) is 0 Å². The highest BCUT2D eigenvalue weighted by Crippen LogP contribution is 2.21. The van der Waals surface area contributed by atoms with Gasteiger partial charge in [-0.15, -0.1) is 0 Å². The number of aromatic nitrogens is 2. The van der Waals surface area contributed by atoms with Gasteiger partial charge in [0.25, 0.3) is 0 Å².